The standard InChI is InChI=1S/C14H22N2O/c1-15-9-3-4-11-10-16-14-8-6-12(17-2)5-7-13(11)14/h6,8,10,12,15-16H,3-5,7,9H2,1-2H3. The Labute approximate surface area is 103 Å². The predicted octanol–water partition coefficient (Wildman–Crippen LogP) is 2.14. The maximum absolute atomic E-state index is 5.40. The van der Waals surface area contributed by atoms with E-state index >= 15 is 0 Å². The van der Waals surface area contributed by atoms with Crippen molar-refractivity contribution < 1.29 is 4.74 Å². The summed E-state index contributed by atoms with van der Waals surface area (Å²) >= 11 is 0. The first-order valence-electron chi connectivity index (χ1n) is 6.40. The van der Waals surface area contributed by atoms with Gasteiger partial charge < -0.3 is 15.0 Å². The minimum atomic E-state index is 0.265. The lowest BCUT2D eigenvalue weighted by atomic mass is 10.0. The molecule has 0 amide bonds. The predicted molar refractivity (Wildman–Crippen MR) is 71.2 cm³/mol. The van der Waals surface area contributed by atoms with E-state index in [1.807, 2.05) is 7.05 Å². The molecule has 1 heterocycles. The Hall–Kier alpha value is -1.06. The Morgan fingerprint density at radius 1 is 1.53 bits per heavy atom. The quantitative estimate of drug-likeness (QED) is 0.766. The number of aryl methyl sites for hydroxylation is 1. The van der Waals surface area contributed by atoms with Crippen molar-refractivity contribution in [2.75, 3.05) is 20.7 Å². The Morgan fingerprint density at radius 2 is 2.41 bits per heavy atom. The Balaban J connectivity index is 2.05. The molecule has 3 nitrogen and oxygen atoms in total. The lowest BCUT2D eigenvalue weighted by Gasteiger charge is -2.08. The Kier molecular flexibility index (Phi) is 4.40. The summed E-state index contributed by atoms with van der Waals surface area (Å²) in [6, 6.07) is 0. The highest BCUT2D eigenvalue weighted by molar-refractivity contribution is 5.54. The molecule has 17 heavy (non-hydrogen) atoms. The summed E-state index contributed by atoms with van der Waals surface area (Å²) in [6.07, 6.45) is 11.3. The van der Waals surface area contributed by atoms with Gasteiger partial charge in [0.1, 0.15) is 0 Å². The van der Waals surface area contributed by atoms with Gasteiger partial charge in [-0.1, -0.05) is 6.08 Å². The SMILES string of the molecule is CNCCCc1c[nH]c2c1CCC(OC)C=C2. The Bertz CT molecular complexity index is 382. The van der Waals surface area contributed by atoms with E-state index in [4.69, 9.17) is 4.74 Å². The van der Waals surface area contributed by atoms with Crippen molar-refractivity contribution in [1.82, 2.24) is 10.3 Å². The molecule has 94 valence electrons. The molecule has 0 bridgehead atoms. The largest absolute Gasteiger partial charge is 0.377 e. The lowest BCUT2D eigenvalue weighted by molar-refractivity contribution is 0.135. The highest BCUT2D eigenvalue weighted by Crippen LogP contribution is 2.23. The minimum Gasteiger partial charge on any atom is -0.377 e. The molecule has 0 spiro atoms. The molecule has 0 aromatic carbocycles. The third kappa shape index (κ3) is 2.99. The van der Waals surface area contributed by atoms with Gasteiger partial charge in [-0.2, -0.15) is 0 Å². The number of aromatic amines is 1. The zero-order valence-electron chi connectivity index (χ0n) is 10.8. The van der Waals surface area contributed by atoms with Gasteiger partial charge in [0.15, 0.2) is 0 Å². The minimum absolute atomic E-state index is 0.265. The highest BCUT2D eigenvalue weighted by Gasteiger charge is 2.15. The molecule has 1 aliphatic rings. The van der Waals surface area contributed by atoms with E-state index in [9.17, 15) is 0 Å². The molecule has 0 radical (unpaired) electrons. The first-order chi connectivity index (χ1) is 8.35. The van der Waals surface area contributed by atoms with Crippen LogP contribution < -0.4 is 5.32 Å². The number of ether oxygens (including phenoxy) is 1. The van der Waals surface area contributed by atoms with Crippen molar-refractivity contribution in [3.8, 4) is 0 Å². The van der Waals surface area contributed by atoms with Crippen LogP contribution in [0.4, 0.5) is 0 Å². The molecule has 3 heteroatoms. The molecule has 0 aliphatic heterocycles. The van der Waals surface area contributed by atoms with Crippen LogP contribution in [0.15, 0.2) is 12.3 Å². The molecule has 2 N–H and O–H groups in total. The summed E-state index contributed by atoms with van der Waals surface area (Å²) < 4.78 is 5.40. The van der Waals surface area contributed by atoms with Crippen LogP contribution >= 0.6 is 0 Å². The van der Waals surface area contributed by atoms with Crippen LogP contribution in [-0.2, 0) is 17.6 Å². The number of aromatic nitrogens is 1. The van der Waals surface area contributed by atoms with Crippen molar-refractivity contribution in [2.24, 2.45) is 0 Å². The van der Waals surface area contributed by atoms with Crippen molar-refractivity contribution in [1.29, 1.82) is 0 Å². The molecule has 1 aliphatic carbocycles. The monoisotopic (exact) mass is 234 g/mol. The van der Waals surface area contributed by atoms with Gasteiger partial charge in [0, 0.05) is 19.0 Å². The molecule has 2 rings (SSSR count). The van der Waals surface area contributed by atoms with Crippen LogP contribution in [0, 0.1) is 0 Å². The molecule has 1 aromatic rings. The summed E-state index contributed by atoms with van der Waals surface area (Å²) in [7, 11) is 3.78. The summed E-state index contributed by atoms with van der Waals surface area (Å²) in [5.41, 5.74) is 4.22. The van der Waals surface area contributed by atoms with E-state index in [1.54, 1.807) is 7.11 Å². The van der Waals surface area contributed by atoms with Gasteiger partial charge in [0.05, 0.1) is 6.10 Å². The molecule has 1 unspecified atom stereocenters. The number of hydrogen-bond donors (Lipinski definition) is 2. The second-order valence-corrected chi connectivity index (χ2v) is 4.59. The van der Waals surface area contributed by atoms with Crippen LogP contribution in [0.2, 0.25) is 0 Å². The summed E-state index contributed by atoms with van der Waals surface area (Å²) in [6.45, 7) is 1.08. The first kappa shape index (κ1) is 12.4. The van der Waals surface area contributed by atoms with E-state index in [1.165, 1.54) is 23.2 Å². The van der Waals surface area contributed by atoms with E-state index < -0.39 is 0 Å². The maximum atomic E-state index is 5.40. The van der Waals surface area contributed by atoms with Crippen molar-refractivity contribution in [2.45, 2.75) is 31.8 Å². The summed E-state index contributed by atoms with van der Waals surface area (Å²) in [5.74, 6) is 0. The van der Waals surface area contributed by atoms with Gasteiger partial charge in [-0.25, -0.2) is 0 Å². The van der Waals surface area contributed by atoms with E-state index in [-0.39, 0.29) is 6.10 Å². The zero-order chi connectivity index (χ0) is 12.1. The molecular formula is C14H22N2O. The van der Waals surface area contributed by atoms with Crippen LogP contribution in [0.3, 0.4) is 0 Å². The number of hydrogen-bond acceptors (Lipinski definition) is 2. The number of fused-ring (bicyclic) bond motifs is 1. The van der Waals surface area contributed by atoms with Crippen molar-refractivity contribution in [3.63, 3.8) is 0 Å². The average Bonchev–Trinajstić information content (AvgIpc) is 2.61. The van der Waals surface area contributed by atoms with Crippen LogP contribution in [0.5, 0.6) is 0 Å². The van der Waals surface area contributed by atoms with Gasteiger partial charge in [0.2, 0.25) is 0 Å². The maximum Gasteiger partial charge on any atom is 0.0759 e. The van der Waals surface area contributed by atoms with Crippen molar-refractivity contribution in [3.05, 3.63) is 29.1 Å². The third-order valence-electron chi connectivity index (χ3n) is 3.45. The number of rotatable bonds is 5. The number of H-pyrrole nitrogens is 1. The van der Waals surface area contributed by atoms with Crippen LogP contribution in [0.25, 0.3) is 6.08 Å². The van der Waals surface area contributed by atoms with E-state index in [0.29, 0.717) is 0 Å². The van der Waals surface area contributed by atoms with Crippen LogP contribution in [-0.4, -0.2) is 31.8 Å². The van der Waals surface area contributed by atoms with E-state index in [2.05, 4.69) is 28.6 Å². The van der Waals surface area contributed by atoms with Crippen LogP contribution in [0.1, 0.15) is 29.7 Å². The van der Waals surface area contributed by atoms with Gasteiger partial charge >= 0.3 is 0 Å². The highest BCUT2D eigenvalue weighted by atomic mass is 16.5. The van der Waals surface area contributed by atoms with E-state index in [0.717, 1.165) is 25.8 Å². The number of nitrogens with one attached hydrogen (secondary N) is 2. The number of methoxy groups -OCH3 is 1. The lowest BCUT2D eigenvalue weighted by Crippen LogP contribution is -2.09. The molecule has 1 atom stereocenters. The zero-order valence-corrected chi connectivity index (χ0v) is 10.8. The smallest absolute Gasteiger partial charge is 0.0759 e. The molecular weight excluding hydrogens is 212 g/mol. The van der Waals surface area contributed by atoms with Gasteiger partial charge in [-0.15, -0.1) is 0 Å². The second-order valence-electron chi connectivity index (χ2n) is 4.59. The fourth-order valence-corrected chi connectivity index (χ4v) is 2.42. The second kappa shape index (κ2) is 6.03. The van der Waals surface area contributed by atoms with Gasteiger partial charge in [-0.3, -0.25) is 0 Å². The summed E-state index contributed by atoms with van der Waals surface area (Å²) in [4.78, 5) is 3.38. The Morgan fingerprint density at radius 3 is 3.18 bits per heavy atom. The average molecular weight is 234 g/mol. The fourth-order valence-electron chi connectivity index (χ4n) is 2.42. The third-order valence-corrected chi connectivity index (χ3v) is 3.45. The fraction of sp³-hybridized carbons (Fsp3) is 0.571. The first-order valence-corrected chi connectivity index (χ1v) is 6.40. The molecule has 0 saturated heterocycles. The van der Waals surface area contributed by atoms with Crippen molar-refractivity contribution >= 4 is 6.08 Å². The summed E-state index contributed by atoms with van der Waals surface area (Å²) in [5, 5.41) is 3.19. The normalized spacial score (nSPS) is 19.1. The molecule has 1 aromatic heterocycles. The molecule has 0 saturated carbocycles. The molecule has 0 fully saturated rings. The topological polar surface area (TPSA) is 37.0 Å². The van der Waals surface area contributed by atoms with Gasteiger partial charge in [0.25, 0.3) is 0 Å². The van der Waals surface area contributed by atoms with Gasteiger partial charge in [-0.05, 0) is 56.5 Å².